The second-order valence-electron chi connectivity index (χ2n) is 10.9. The van der Waals surface area contributed by atoms with Gasteiger partial charge in [0.2, 0.25) is 5.79 Å². The molecule has 0 radical (unpaired) electrons. The number of piperazine rings is 1. The minimum absolute atomic E-state index is 0.286. The predicted octanol–water partition coefficient (Wildman–Crippen LogP) is 6.05. The van der Waals surface area contributed by atoms with E-state index in [0.717, 1.165) is 43.2 Å². The van der Waals surface area contributed by atoms with Crippen LogP contribution in [-0.4, -0.2) is 64.8 Å². The standard InChI is InChI=1S/C33H32Cl2N6O3/c34-25-2-11-31(32(35)20-25)33(23-38-15-13-36-24-38)43-22-30(44-33)21-42-29-9-7-27(8-10-29)40-18-16-39(17-19-40)26-3-5-28(6-4-26)41-14-1-12-37-41/h1-15,20,24,30H,16-19,21-23H2. The van der Waals surface area contributed by atoms with Crippen LogP contribution >= 0.6 is 23.2 Å². The zero-order valence-electron chi connectivity index (χ0n) is 24.0. The van der Waals surface area contributed by atoms with Crippen LogP contribution < -0.4 is 14.5 Å². The number of aromatic nitrogens is 4. The number of benzene rings is 3. The quantitative estimate of drug-likeness (QED) is 0.196. The topological polar surface area (TPSA) is 69.8 Å². The van der Waals surface area contributed by atoms with Crippen LogP contribution in [0, 0.1) is 0 Å². The molecule has 9 nitrogen and oxygen atoms in total. The molecule has 2 atom stereocenters. The van der Waals surface area contributed by atoms with Crippen LogP contribution in [0.5, 0.6) is 5.75 Å². The Morgan fingerprint density at radius 2 is 1.55 bits per heavy atom. The van der Waals surface area contributed by atoms with Crippen molar-refractivity contribution in [3.8, 4) is 11.4 Å². The SMILES string of the molecule is Clc1ccc(C2(Cn3ccnc3)OCC(COc3ccc(N4CCN(c5ccc(-n6cccn6)cc5)CC4)cc3)O2)c(Cl)c1. The lowest BCUT2D eigenvalue weighted by molar-refractivity contribution is -0.189. The molecule has 3 aromatic carbocycles. The monoisotopic (exact) mass is 630 g/mol. The van der Waals surface area contributed by atoms with Gasteiger partial charge in [0.05, 0.1) is 30.2 Å². The van der Waals surface area contributed by atoms with Gasteiger partial charge in [-0.15, -0.1) is 0 Å². The van der Waals surface area contributed by atoms with E-state index >= 15 is 0 Å². The molecule has 5 aromatic rings. The molecule has 2 aliphatic rings. The van der Waals surface area contributed by atoms with Gasteiger partial charge in [0.1, 0.15) is 18.5 Å². The summed E-state index contributed by atoms with van der Waals surface area (Å²) in [5, 5.41) is 5.35. The van der Waals surface area contributed by atoms with E-state index in [1.54, 1.807) is 30.9 Å². The maximum atomic E-state index is 6.59. The molecule has 11 heteroatoms. The Morgan fingerprint density at radius 3 is 2.18 bits per heavy atom. The summed E-state index contributed by atoms with van der Waals surface area (Å²) in [5.74, 6) is -0.297. The first-order chi connectivity index (χ1) is 21.5. The van der Waals surface area contributed by atoms with Crippen molar-refractivity contribution in [2.75, 3.05) is 49.2 Å². The molecule has 0 spiro atoms. The fourth-order valence-corrected chi connectivity index (χ4v) is 6.33. The normalized spacial score (nSPS) is 20.3. The molecule has 2 aliphatic heterocycles. The number of rotatable bonds is 9. The van der Waals surface area contributed by atoms with Crippen molar-refractivity contribution in [1.82, 2.24) is 19.3 Å². The molecule has 0 bridgehead atoms. The van der Waals surface area contributed by atoms with Gasteiger partial charge in [-0.2, -0.15) is 5.10 Å². The molecule has 2 aromatic heterocycles. The van der Waals surface area contributed by atoms with Crippen LogP contribution in [0.25, 0.3) is 5.69 Å². The Kier molecular flexibility index (Phi) is 8.18. The van der Waals surface area contributed by atoms with Crippen molar-refractivity contribution in [1.29, 1.82) is 0 Å². The van der Waals surface area contributed by atoms with Crippen molar-refractivity contribution in [2.45, 2.75) is 18.4 Å². The van der Waals surface area contributed by atoms with Gasteiger partial charge in [-0.3, -0.25) is 0 Å². The maximum absolute atomic E-state index is 6.59. The van der Waals surface area contributed by atoms with Crippen LogP contribution in [0.4, 0.5) is 11.4 Å². The van der Waals surface area contributed by atoms with E-state index in [1.807, 2.05) is 45.9 Å². The summed E-state index contributed by atoms with van der Waals surface area (Å²) in [6.07, 6.45) is 8.77. The Morgan fingerprint density at radius 1 is 0.841 bits per heavy atom. The Bertz CT molecular complexity index is 1660. The molecule has 2 unspecified atom stereocenters. The van der Waals surface area contributed by atoms with Crippen LogP contribution in [0.1, 0.15) is 5.56 Å². The highest BCUT2D eigenvalue weighted by molar-refractivity contribution is 6.35. The fraction of sp³-hybridized carbons (Fsp3) is 0.273. The summed E-state index contributed by atoms with van der Waals surface area (Å²) in [6, 6.07) is 24.1. The van der Waals surface area contributed by atoms with E-state index in [4.69, 9.17) is 37.4 Å². The number of anilines is 2. The number of nitrogens with zero attached hydrogens (tertiary/aromatic N) is 6. The Labute approximate surface area is 266 Å². The van der Waals surface area contributed by atoms with Crippen molar-refractivity contribution in [3.63, 3.8) is 0 Å². The maximum Gasteiger partial charge on any atom is 0.215 e. The highest BCUT2D eigenvalue weighted by atomic mass is 35.5. The number of ether oxygens (including phenoxy) is 3. The first-order valence-electron chi connectivity index (χ1n) is 14.6. The molecule has 2 fully saturated rings. The minimum Gasteiger partial charge on any atom is -0.491 e. The average Bonchev–Trinajstić information content (AvgIpc) is 3.85. The van der Waals surface area contributed by atoms with Crippen molar-refractivity contribution in [3.05, 3.63) is 120 Å². The van der Waals surface area contributed by atoms with Gasteiger partial charge in [0.25, 0.3) is 0 Å². The molecule has 2 saturated heterocycles. The lowest BCUT2D eigenvalue weighted by atomic mass is 10.1. The minimum atomic E-state index is -1.08. The molecular formula is C33H32Cl2N6O3. The highest BCUT2D eigenvalue weighted by Gasteiger charge is 2.45. The molecule has 226 valence electrons. The van der Waals surface area contributed by atoms with Crippen LogP contribution in [-0.2, 0) is 21.8 Å². The van der Waals surface area contributed by atoms with Gasteiger partial charge in [-0.25, -0.2) is 9.67 Å². The number of hydrogen-bond donors (Lipinski definition) is 0. The first kappa shape index (κ1) is 28.7. The number of halogens is 2. The van der Waals surface area contributed by atoms with E-state index < -0.39 is 5.79 Å². The van der Waals surface area contributed by atoms with Gasteiger partial charge in [0, 0.05) is 72.9 Å². The van der Waals surface area contributed by atoms with Crippen molar-refractivity contribution >= 4 is 34.6 Å². The van der Waals surface area contributed by atoms with E-state index in [1.165, 1.54) is 11.4 Å². The van der Waals surface area contributed by atoms with Crippen LogP contribution in [0.3, 0.4) is 0 Å². The van der Waals surface area contributed by atoms with E-state index in [0.29, 0.717) is 29.8 Å². The molecule has 4 heterocycles. The van der Waals surface area contributed by atoms with Gasteiger partial charge in [-0.05, 0) is 66.7 Å². The van der Waals surface area contributed by atoms with Gasteiger partial charge in [-0.1, -0.05) is 29.3 Å². The zero-order valence-corrected chi connectivity index (χ0v) is 25.5. The lowest BCUT2D eigenvalue weighted by Gasteiger charge is -2.37. The third-order valence-electron chi connectivity index (χ3n) is 8.05. The van der Waals surface area contributed by atoms with E-state index in [-0.39, 0.29) is 6.10 Å². The van der Waals surface area contributed by atoms with E-state index in [2.05, 4.69) is 56.3 Å². The predicted molar refractivity (Wildman–Crippen MR) is 171 cm³/mol. The largest absolute Gasteiger partial charge is 0.491 e. The summed E-state index contributed by atoms with van der Waals surface area (Å²) in [4.78, 5) is 8.99. The summed E-state index contributed by atoms with van der Waals surface area (Å²) < 4.78 is 22.7. The highest BCUT2D eigenvalue weighted by Crippen LogP contribution is 2.40. The van der Waals surface area contributed by atoms with E-state index in [9.17, 15) is 0 Å². The second-order valence-corrected chi connectivity index (χ2v) is 11.8. The lowest BCUT2D eigenvalue weighted by Crippen LogP contribution is -2.46. The third kappa shape index (κ3) is 6.14. The smallest absolute Gasteiger partial charge is 0.215 e. The molecule has 0 saturated carbocycles. The summed E-state index contributed by atoms with van der Waals surface area (Å²) in [6.45, 7) is 4.90. The van der Waals surface area contributed by atoms with Gasteiger partial charge >= 0.3 is 0 Å². The summed E-state index contributed by atoms with van der Waals surface area (Å²) >= 11 is 12.8. The Hall–Kier alpha value is -4.02. The molecular weight excluding hydrogens is 599 g/mol. The first-order valence-corrected chi connectivity index (χ1v) is 15.4. The average molecular weight is 632 g/mol. The van der Waals surface area contributed by atoms with Crippen LogP contribution in [0.15, 0.2) is 104 Å². The fourth-order valence-electron chi connectivity index (χ4n) is 5.78. The van der Waals surface area contributed by atoms with Gasteiger partial charge in [0.15, 0.2) is 0 Å². The van der Waals surface area contributed by atoms with Crippen molar-refractivity contribution < 1.29 is 14.2 Å². The zero-order chi connectivity index (χ0) is 29.9. The third-order valence-corrected chi connectivity index (χ3v) is 8.60. The number of hydrogen-bond acceptors (Lipinski definition) is 7. The van der Waals surface area contributed by atoms with Crippen molar-refractivity contribution in [2.24, 2.45) is 0 Å². The molecule has 44 heavy (non-hydrogen) atoms. The molecule has 0 aliphatic carbocycles. The second kappa shape index (κ2) is 12.5. The molecule has 0 amide bonds. The molecule has 0 N–H and O–H groups in total. The number of imidazole rings is 1. The summed E-state index contributed by atoms with van der Waals surface area (Å²) in [5.41, 5.74) is 4.19. The molecule has 7 rings (SSSR count). The Balaban J connectivity index is 0.936. The van der Waals surface area contributed by atoms with Gasteiger partial charge < -0.3 is 28.6 Å². The summed E-state index contributed by atoms with van der Waals surface area (Å²) in [7, 11) is 0. The van der Waals surface area contributed by atoms with Crippen LogP contribution in [0.2, 0.25) is 10.0 Å².